The number of ketones is 1. The highest BCUT2D eigenvalue weighted by Gasteiger charge is 2.25. The van der Waals surface area contributed by atoms with Crippen LogP contribution in [0.25, 0.3) is 0 Å². The van der Waals surface area contributed by atoms with Gasteiger partial charge in [0.05, 0.1) is 0 Å². The average molecular weight is 351 g/mol. The first-order chi connectivity index (χ1) is 12.6. The quantitative estimate of drug-likeness (QED) is 0.511. The summed E-state index contributed by atoms with van der Waals surface area (Å²) < 4.78 is 0. The summed E-state index contributed by atoms with van der Waals surface area (Å²) in [7, 11) is 0. The second-order valence-corrected chi connectivity index (χ2v) is 6.88. The van der Waals surface area contributed by atoms with Crippen molar-refractivity contribution in [1.29, 1.82) is 0 Å². The molecule has 0 aliphatic heterocycles. The molecule has 2 aromatic carbocycles. The molecule has 2 rings (SSSR count). The molecule has 0 radical (unpaired) electrons. The van der Waals surface area contributed by atoms with Gasteiger partial charge in [0.1, 0.15) is 0 Å². The molecule has 0 fully saturated rings. The van der Waals surface area contributed by atoms with Crippen LogP contribution in [0.4, 0.5) is 0 Å². The predicted molar refractivity (Wildman–Crippen MR) is 113 cm³/mol. The third-order valence-corrected chi connectivity index (χ3v) is 5.70. The fraction of sp³-hybridized carbons (Fsp3) is 0.480. The molecule has 0 N–H and O–H groups in total. The van der Waals surface area contributed by atoms with E-state index in [1.807, 2.05) is 18.2 Å². The monoisotopic (exact) mass is 350 g/mol. The van der Waals surface area contributed by atoms with Gasteiger partial charge in [-0.15, -0.1) is 0 Å². The molecule has 0 aromatic heterocycles. The third kappa shape index (κ3) is 3.49. The molecule has 0 aliphatic rings. The first-order valence-corrected chi connectivity index (χ1v) is 10.4. The SMILES string of the molecule is CCc1ccccc1C(=O)c1c(CC)c(CC)c(CC)c(CC)c1CC. The van der Waals surface area contributed by atoms with Crippen molar-refractivity contribution in [2.24, 2.45) is 0 Å². The molecule has 0 unspecified atom stereocenters. The van der Waals surface area contributed by atoms with Crippen LogP contribution in [-0.4, -0.2) is 5.78 Å². The molecule has 0 aliphatic carbocycles. The molecule has 26 heavy (non-hydrogen) atoms. The number of benzene rings is 2. The van der Waals surface area contributed by atoms with Crippen molar-refractivity contribution in [3.63, 3.8) is 0 Å². The zero-order chi connectivity index (χ0) is 19.3. The van der Waals surface area contributed by atoms with Gasteiger partial charge in [-0.25, -0.2) is 0 Å². The summed E-state index contributed by atoms with van der Waals surface area (Å²) in [6, 6.07) is 8.12. The summed E-state index contributed by atoms with van der Waals surface area (Å²) in [5.74, 6) is 0.225. The highest BCUT2D eigenvalue weighted by molar-refractivity contribution is 6.12. The molecular formula is C25H34O. The molecule has 0 spiro atoms. The molecule has 0 bridgehead atoms. The van der Waals surface area contributed by atoms with Gasteiger partial charge in [-0.05, 0) is 71.9 Å². The van der Waals surface area contributed by atoms with E-state index in [9.17, 15) is 4.79 Å². The average Bonchev–Trinajstić information content (AvgIpc) is 2.70. The second-order valence-electron chi connectivity index (χ2n) is 6.88. The summed E-state index contributed by atoms with van der Waals surface area (Å²) in [5, 5.41) is 0. The van der Waals surface area contributed by atoms with Gasteiger partial charge < -0.3 is 0 Å². The lowest BCUT2D eigenvalue weighted by molar-refractivity contribution is 0.103. The molecule has 1 heteroatoms. The van der Waals surface area contributed by atoms with Crippen molar-refractivity contribution in [3.8, 4) is 0 Å². The zero-order valence-electron chi connectivity index (χ0n) is 17.5. The predicted octanol–water partition coefficient (Wildman–Crippen LogP) is 6.29. The fourth-order valence-electron chi connectivity index (χ4n) is 4.55. The zero-order valence-corrected chi connectivity index (χ0v) is 17.5. The van der Waals surface area contributed by atoms with Gasteiger partial charge in [0, 0.05) is 11.1 Å². The molecule has 140 valence electrons. The van der Waals surface area contributed by atoms with Gasteiger partial charge in [-0.3, -0.25) is 4.79 Å². The number of aryl methyl sites for hydroxylation is 1. The maximum Gasteiger partial charge on any atom is 0.193 e. The van der Waals surface area contributed by atoms with E-state index < -0.39 is 0 Å². The van der Waals surface area contributed by atoms with Crippen molar-refractivity contribution < 1.29 is 4.79 Å². The summed E-state index contributed by atoms with van der Waals surface area (Å²) in [6.45, 7) is 13.2. The first-order valence-electron chi connectivity index (χ1n) is 10.4. The van der Waals surface area contributed by atoms with Gasteiger partial charge in [0.15, 0.2) is 5.78 Å². The van der Waals surface area contributed by atoms with Crippen LogP contribution in [-0.2, 0) is 38.5 Å². The normalized spacial score (nSPS) is 11.0. The highest BCUT2D eigenvalue weighted by Crippen LogP contribution is 2.33. The minimum Gasteiger partial charge on any atom is -0.289 e. The summed E-state index contributed by atoms with van der Waals surface area (Å²) in [6.07, 6.45) is 5.77. The van der Waals surface area contributed by atoms with Crippen LogP contribution in [0.5, 0.6) is 0 Å². The fourth-order valence-corrected chi connectivity index (χ4v) is 4.55. The lowest BCUT2D eigenvalue weighted by Gasteiger charge is -2.25. The number of carbonyl (C=O) groups excluding carboxylic acids is 1. The molecule has 0 saturated carbocycles. The Morgan fingerprint density at radius 3 is 1.46 bits per heavy atom. The van der Waals surface area contributed by atoms with Crippen LogP contribution < -0.4 is 0 Å². The van der Waals surface area contributed by atoms with Crippen LogP contribution in [0.15, 0.2) is 24.3 Å². The Kier molecular flexibility index (Phi) is 7.20. The van der Waals surface area contributed by atoms with Gasteiger partial charge in [0.25, 0.3) is 0 Å². The maximum absolute atomic E-state index is 13.7. The van der Waals surface area contributed by atoms with E-state index in [0.29, 0.717) is 0 Å². The van der Waals surface area contributed by atoms with Crippen LogP contribution in [0.2, 0.25) is 0 Å². The van der Waals surface area contributed by atoms with E-state index in [0.717, 1.165) is 55.2 Å². The van der Waals surface area contributed by atoms with E-state index in [-0.39, 0.29) is 5.78 Å². The van der Waals surface area contributed by atoms with Gasteiger partial charge in [-0.1, -0.05) is 65.8 Å². The molecule has 0 amide bonds. The van der Waals surface area contributed by atoms with Crippen molar-refractivity contribution in [2.45, 2.75) is 80.1 Å². The van der Waals surface area contributed by atoms with Crippen molar-refractivity contribution >= 4 is 5.78 Å². The van der Waals surface area contributed by atoms with E-state index in [1.165, 1.54) is 27.8 Å². The second kappa shape index (κ2) is 9.16. The standard InChI is InChI=1S/C25H34O/c1-7-17-15-13-14-16-23(17)25(26)24-21(11-5)19(9-3)18(8-2)20(10-4)22(24)12-6/h13-16H,7-12H2,1-6H3. The number of hydrogen-bond donors (Lipinski definition) is 0. The Morgan fingerprint density at radius 1 is 0.615 bits per heavy atom. The van der Waals surface area contributed by atoms with Crippen LogP contribution in [0.1, 0.15) is 90.8 Å². The Balaban J connectivity index is 2.88. The van der Waals surface area contributed by atoms with Crippen molar-refractivity contribution in [2.75, 3.05) is 0 Å². The Labute approximate surface area is 159 Å². The topological polar surface area (TPSA) is 17.1 Å². The van der Waals surface area contributed by atoms with E-state index in [1.54, 1.807) is 0 Å². The van der Waals surface area contributed by atoms with Gasteiger partial charge >= 0.3 is 0 Å². The first kappa shape index (κ1) is 20.4. The highest BCUT2D eigenvalue weighted by atomic mass is 16.1. The van der Waals surface area contributed by atoms with Crippen molar-refractivity contribution in [1.82, 2.24) is 0 Å². The largest absolute Gasteiger partial charge is 0.289 e. The van der Waals surface area contributed by atoms with Crippen LogP contribution in [0.3, 0.4) is 0 Å². The summed E-state index contributed by atoms with van der Waals surface area (Å²) in [5.41, 5.74) is 9.93. The molecule has 1 nitrogen and oxygen atoms in total. The minimum absolute atomic E-state index is 0.225. The smallest absolute Gasteiger partial charge is 0.193 e. The third-order valence-electron chi connectivity index (χ3n) is 5.70. The lowest BCUT2D eigenvalue weighted by atomic mass is 9.79. The molecule has 0 saturated heterocycles. The molecule has 0 atom stereocenters. The summed E-state index contributed by atoms with van der Waals surface area (Å²) >= 11 is 0. The maximum atomic E-state index is 13.7. The van der Waals surface area contributed by atoms with Crippen molar-refractivity contribution in [3.05, 3.63) is 68.8 Å². The molecular weight excluding hydrogens is 316 g/mol. The van der Waals surface area contributed by atoms with E-state index in [2.05, 4.69) is 47.6 Å². The van der Waals surface area contributed by atoms with Gasteiger partial charge in [-0.2, -0.15) is 0 Å². The Bertz CT molecular complexity index is 750. The number of carbonyl (C=O) groups is 1. The number of hydrogen-bond acceptors (Lipinski definition) is 1. The van der Waals surface area contributed by atoms with Gasteiger partial charge in [0.2, 0.25) is 0 Å². The summed E-state index contributed by atoms with van der Waals surface area (Å²) in [4.78, 5) is 13.7. The Morgan fingerprint density at radius 2 is 1.04 bits per heavy atom. The molecule has 0 heterocycles. The Hall–Kier alpha value is -1.89. The van der Waals surface area contributed by atoms with E-state index >= 15 is 0 Å². The number of rotatable bonds is 8. The minimum atomic E-state index is 0.225. The van der Waals surface area contributed by atoms with E-state index in [4.69, 9.17) is 0 Å². The van der Waals surface area contributed by atoms with Crippen LogP contribution >= 0.6 is 0 Å². The lowest BCUT2D eigenvalue weighted by Crippen LogP contribution is -2.17. The molecule has 2 aromatic rings. The van der Waals surface area contributed by atoms with Crippen LogP contribution in [0, 0.1) is 0 Å².